The van der Waals surface area contributed by atoms with Gasteiger partial charge in [-0.25, -0.2) is 9.48 Å². The zero-order valence-electron chi connectivity index (χ0n) is 21.5. The first-order valence-electron chi connectivity index (χ1n) is 13.0. The quantitative estimate of drug-likeness (QED) is 0.212. The molecule has 2 aromatic heterocycles. The Labute approximate surface area is 230 Å². The highest BCUT2D eigenvalue weighted by Gasteiger charge is 2.21. The van der Waals surface area contributed by atoms with Crippen LogP contribution in [-0.2, 0) is 16.0 Å². The molecule has 4 aromatic carbocycles. The van der Waals surface area contributed by atoms with Crippen LogP contribution in [0.25, 0.3) is 44.7 Å². The molecular weight excluding hydrogens is 500 g/mol. The summed E-state index contributed by atoms with van der Waals surface area (Å²) in [6.45, 7) is 0. The first-order valence-corrected chi connectivity index (χ1v) is 13.0. The zero-order chi connectivity index (χ0) is 27.5. The number of carboxylic acid groups (broad SMARTS) is 1. The first kappa shape index (κ1) is 24.9. The van der Waals surface area contributed by atoms with Crippen molar-refractivity contribution in [3.8, 4) is 16.9 Å². The molecular formula is C33H26N4O3. The molecule has 0 fully saturated rings. The fraction of sp³-hybridized carbons (Fsp3) is 0.0606. The Morgan fingerprint density at radius 1 is 0.925 bits per heavy atom. The molecule has 1 unspecified atom stereocenters. The van der Waals surface area contributed by atoms with E-state index in [0.29, 0.717) is 5.69 Å². The maximum Gasteiger partial charge on any atom is 0.326 e. The van der Waals surface area contributed by atoms with Crippen LogP contribution in [0.1, 0.15) is 11.1 Å². The van der Waals surface area contributed by atoms with E-state index in [1.54, 1.807) is 17.0 Å². The Hall–Kier alpha value is -5.43. The van der Waals surface area contributed by atoms with Crippen molar-refractivity contribution in [2.45, 2.75) is 12.5 Å². The van der Waals surface area contributed by atoms with Gasteiger partial charge in [-0.1, -0.05) is 72.8 Å². The van der Waals surface area contributed by atoms with Crippen molar-refractivity contribution in [1.29, 1.82) is 0 Å². The number of H-pyrrole nitrogens is 1. The van der Waals surface area contributed by atoms with Crippen molar-refractivity contribution in [2.24, 2.45) is 0 Å². The predicted octanol–water partition coefficient (Wildman–Crippen LogP) is 6.00. The smallest absolute Gasteiger partial charge is 0.326 e. The highest BCUT2D eigenvalue weighted by atomic mass is 16.4. The zero-order valence-corrected chi connectivity index (χ0v) is 21.5. The van der Waals surface area contributed by atoms with Gasteiger partial charge in [-0.3, -0.25) is 4.79 Å². The molecule has 0 bridgehead atoms. The molecule has 7 nitrogen and oxygen atoms in total. The van der Waals surface area contributed by atoms with E-state index in [0.717, 1.165) is 44.1 Å². The second-order valence-electron chi connectivity index (χ2n) is 9.57. The minimum atomic E-state index is -1.10. The maximum absolute atomic E-state index is 12.9. The molecule has 0 radical (unpaired) electrons. The highest BCUT2D eigenvalue weighted by molar-refractivity contribution is 5.96. The summed E-state index contributed by atoms with van der Waals surface area (Å²) in [5, 5.41) is 20.5. The normalized spacial score (nSPS) is 12.2. The maximum atomic E-state index is 12.9. The van der Waals surface area contributed by atoms with Crippen LogP contribution in [0.3, 0.4) is 0 Å². The van der Waals surface area contributed by atoms with Gasteiger partial charge in [-0.2, -0.15) is 5.10 Å². The molecule has 0 spiro atoms. The van der Waals surface area contributed by atoms with Crippen LogP contribution in [0, 0.1) is 0 Å². The fourth-order valence-electron chi connectivity index (χ4n) is 4.89. The third kappa shape index (κ3) is 5.13. The van der Waals surface area contributed by atoms with Crippen molar-refractivity contribution in [3.05, 3.63) is 127 Å². The Bertz CT molecular complexity index is 1870. The Morgan fingerprint density at radius 3 is 2.50 bits per heavy atom. The number of hydrogen-bond donors (Lipinski definition) is 3. The minimum absolute atomic E-state index is 0.160. The third-order valence-electron chi connectivity index (χ3n) is 6.91. The number of nitrogens with zero attached hydrogens (tertiary/aromatic N) is 2. The lowest BCUT2D eigenvalue weighted by molar-refractivity contribution is -0.141. The van der Waals surface area contributed by atoms with Crippen LogP contribution < -0.4 is 5.32 Å². The van der Waals surface area contributed by atoms with Gasteiger partial charge >= 0.3 is 5.97 Å². The fourth-order valence-corrected chi connectivity index (χ4v) is 4.89. The molecule has 0 saturated carbocycles. The van der Waals surface area contributed by atoms with Crippen LogP contribution in [-0.4, -0.2) is 37.8 Å². The van der Waals surface area contributed by atoms with E-state index in [1.165, 1.54) is 6.08 Å². The van der Waals surface area contributed by atoms with Gasteiger partial charge in [0.2, 0.25) is 5.91 Å². The lowest BCUT2D eigenvalue weighted by Crippen LogP contribution is -2.41. The molecule has 7 heteroatoms. The third-order valence-corrected chi connectivity index (χ3v) is 6.91. The molecule has 6 rings (SSSR count). The van der Waals surface area contributed by atoms with E-state index >= 15 is 0 Å². The summed E-state index contributed by atoms with van der Waals surface area (Å²) in [5.41, 5.74) is 5.00. The van der Waals surface area contributed by atoms with Gasteiger partial charge in [0.15, 0.2) is 0 Å². The number of carbonyl (C=O) groups excluding carboxylic acids is 1. The first-order chi connectivity index (χ1) is 19.5. The van der Waals surface area contributed by atoms with Gasteiger partial charge in [0, 0.05) is 46.9 Å². The van der Waals surface area contributed by atoms with Crippen molar-refractivity contribution >= 4 is 39.6 Å². The number of amides is 1. The van der Waals surface area contributed by atoms with Crippen molar-refractivity contribution in [1.82, 2.24) is 20.1 Å². The SMILES string of the molecule is O=C(/C=C\c1cn(-c2ccccc2)nc1-c1ccc2ccccc2c1)NC(Cc1c[nH]c2ccccc12)C(=O)O. The number of carboxylic acids is 1. The average molecular weight is 527 g/mol. The van der Waals surface area contributed by atoms with Gasteiger partial charge in [0.05, 0.1) is 11.4 Å². The summed E-state index contributed by atoms with van der Waals surface area (Å²) in [7, 11) is 0. The van der Waals surface area contributed by atoms with Gasteiger partial charge in [0.25, 0.3) is 0 Å². The van der Waals surface area contributed by atoms with Gasteiger partial charge in [-0.15, -0.1) is 0 Å². The summed E-state index contributed by atoms with van der Waals surface area (Å²) in [5.74, 6) is -1.59. The number of nitrogens with one attached hydrogen (secondary N) is 2. The van der Waals surface area contributed by atoms with Gasteiger partial charge in [-0.05, 0) is 46.7 Å². The highest BCUT2D eigenvalue weighted by Crippen LogP contribution is 2.28. The predicted molar refractivity (Wildman–Crippen MR) is 157 cm³/mol. The second kappa shape index (κ2) is 10.7. The Morgan fingerprint density at radius 2 is 1.68 bits per heavy atom. The number of para-hydroxylation sites is 2. The average Bonchev–Trinajstić information content (AvgIpc) is 3.60. The van der Waals surface area contributed by atoms with E-state index in [2.05, 4.69) is 34.6 Å². The summed E-state index contributed by atoms with van der Waals surface area (Å²) in [4.78, 5) is 28.1. The van der Waals surface area contributed by atoms with E-state index in [9.17, 15) is 14.7 Å². The lowest BCUT2D eigenvalue weighted by atomic mass is 10.0. The monoisotopic (exact) mass is 526 g/mol. The number of hydrogen-bond acceptors (Lipinski definition) is 3. The number of aromatic amines is 1. The van der Waals surface area contributed by atoms with E-state index < -0.39 is 17.9 Å². The largest absolute Gasteiger partial charge is 0.480 e. The number of rotatable bonds is 8. The number of aromatic nitrogens is 3. The molecule has 2 heterocycles. The van der Waals surface area contributed by atoms with Crippen molar-refractivity contribution < 1.29 is 14.7 Å². The minimum Gasteiger partial charge on any atom is -0.480 e. The Kier molecular flexibility index (Phi) is 6.68. The molecule has 0 aliphatic carbocycles. The molecule has 196 valence electrons. The van der Waals surface area contributed by atoms with E-state index in [4.69, 9.17) is 5.10 Å². The number of fused-ring (bicyclic) bond motifs is 2. The number of benzene rings is 4. The molecule has 0 saturated heterocycles. The molecule has 3 N–H and O–H groups in total. The van der Waals surface area contributed by atoms with Gasteiger partial charge in [0.1, 0.15) is 6.04 Å². The van der Waals surface area contributed by atoms with Crippen LogP contribution in [0.5, 0.6) is 0 Å². The second-order valence-corrected chi connectivity index (χ2v) is 9.57. The Balaban J connectivity index is 1.28. The van der Waals surface area contributed by atoms with Crippen LogP contribution in [0.2, 0.25) is 0 Å². The van der Waals surface area contributed by atoms with Crippen LogP contribution in [0.15, 0.2) is 116 Å². The summed E-state index contributed by atoms with van der Waals surface area (Å²) >= 11 is 0. The molecule has 6 aromatic rings. The number of carbonyl (C=O) groups is 2. The van der Waals surface area contributed by atoms with Crippen molar-refractivity contribution in [2.75, 3.05) is 0 Å². The van der Waals surface area contributed by atoms with Gasteiger partial charge < -0.3 is 15.4 Å². The summed E-state index contributed by atoms with van der Waals surface area (Å²) in [6, 6.07) is 30.6. The molecule has 40 heavy (non-hydrogen) atoms. The van der Waals surface area contributed by atoms with Crippen LogP contribution in [0.4, 0.5) is 0 Å². The van der Waals surface area contributed by atoms with Crippen LogP contribution >= 0.6 is 0 Å². The lowest BCUT2D eigenvalue weighted by Gasteiger charge is -2.12. The standard InChI is InChI=1S/C33H26N4O3/c38-31(35-30(33(39)40)19-26-20-34-29-13-7-6-12-28(26)29)17-16-25-21-37(27-10-2-1-3-11-27)36-32(25)24-15-14-22-8-4-5-9-23(22)18-24/h1-18,20-21,30,34H,19H2,(H,35,38)(H,39,40)/b17-16-. The van der Waals surface area contributed by atoms with Crippen molar-refractivity contribution in [3.63, 3.8) is 0 Å². The van der Waals surface area contributed by atoms with E-state index in [-0.39, 0.29) is 6.42 Å². The topological polar surface area (TPSA) is 100 Å². The molecule has 0 aliphatic rings. The summed E-state index contributed by atoms with van der Waals surface area (Å²) < 4.78 is 1.78. The molecule has 0 aliphatic heterocycles. The number of aliphatic carboxylic acids is 1. The summed E-state index contributed by atoms with van der Waals surface area (Å²) in [6.07, 6.45) is 6.85. The molecule has 1 amide bonds. The molecule has 1 atom stereocenters. The van der Waals surface area contributed by atoms with E-state index in [1.807, 2.05) is 79.0 Å².